The average molecular weight is 347 g/mol. The molecule has 2 aliphatic rings. The quantitative estimate of drug-likeness (QED) is 0.808. The van der Waals surface area contributed by atoms with E-state index < -0.39 is 12.0 Å². The molecule has 0 bridgehead atoms. The van der Waals surface area contributed by atoms with Gasteiger partial charge in [0.2, 0.25) is 0 Å². The van der Waals surface area contributed by atoms with Gasteiger partial charge in [-0.3, -0.25) is 4.90 Å². The molecule has 1 aromatic carbocycles. The third-order valence-corrected chi connectivity index (χ3v) is 5.12. The van der Waals surface area contributed by atoms with Crippen LogP contribution in [0.5, 0.6) is 0 Å². The smallest absolute Gasteiger partial charge is 0.338 e. The summed E-state index contributed by atoms with van der Waals surface area (Å²) in [4.78, 5) is 26.8. The maximum absolute atomic E-state index is 12.4. The molecule has 128 valence electrons. The number of urea groups is 1. The summed E-state index contributed by atoms with van der Waals surface area (Å²) < 4.78 is 4.99. The highest BCUT2D eigenvalue weighted by Gasteiger charge is 2.34. The van der Waals surface area contributed by atoms with Gasteiger partial charge in [0.1, 0.15) is 0 Å². The zero-order valence-electron chi connectivity index (χ0n) is 13.6. The van der Waals surface area contributed by atoms with Crippen molar-refractivity contribution in [1.82, 2.24) is 15.5 Å². The SMILES string of the molecule is COC(=O)C1=C(CN2CCSCC2)NC(=O)NC1c1ccccc1. The molecule has 24 heavy (non-hydrogen) atoms. The minimum Gasteiger partial charge on any atom is -0.466 e. The Labute approximate surface area is 145 Å². The van der Waals surface area contributed by atoms with Crippen LogP contribution in [0, 0.1) is 0 Å². The van der Waals surface area contributed by atoms with Crippen LogP contribution in [-0.2, 0) is 9.53 Å². The van der Waals surface area contributed by atoms with Crippen molar-refractivity contribution in [3.63, 3.8) is 0 Å². The Balaban J connectivity index is 1.96. The Kier molecular flexibility index (Phi) is 5.42. The normalized spacial score (nSPS) is 21.9. The Morgan fingerprint density at radius 2 is 2.00 bits per heavy atom. The number of nitrogens with one attached hydrogen (secondary N) is 2. The van der Waals surface area contributed by atoms with Gasteiger partial charge in [-0.1, -0.05) is 30.3 Å². The molecule has 1 atom stereocenters. The zero-order valence-corrected chi connectivity index (χ0v) is 14.4. The molecule has 2 N–H and O–H groups in total. The number of carbonyl (C=O) groups excluding carboxylic acids is 2. The molecule has 2 heterocycles. The van der Waals surface area contributed by atoms with E-state index in [0.29, 0.717) is 17.8 Å². The first-order valence-electron chi connectivity index (χ1n) is 7.93. The van der Waals surface area contributed by atoms with Gasteiger partial charge in [-0.2, -0.15) is 11.8 Å². The zero-order chi connectivity index (χ0) is 16.9. The highest BCUT2D eigenvalue weighted by atomic mass is 32.2. The van der Waals surface area contributed by atoms with Gasteiger partial charge < -0.3 is 15.4 Å². The number of esters is 1. The van der Waals surface area contributed by atoms with E-state index in [1.807, 2.05) is 42.1 Å². The van der Waals surface area contributed by atoms with Crippen molar-refractivity contribution in [2.75, 3.05) is 38.2 Å². The lowest BCUT2D eigenvalue weighted by Crippen LogP contribution is -2.49. The fraction of sp³-hybridized carbons (Fsp3) is 0.412. The second-order valence-corrected chi connectivity index (χ2v) is 6.94. The molecule has 6 nitrogen and oxygen atoms in total. The number of benzene rings is 1. The molecule has 0 radical (unpaired) electrons. The highest BCUT2D eigenvalue weighted by molar-refractivity contribution is 7.99. The van der Waals surface area contributed by atoms with Crippen molar-refractivity contribution in [2.45, 2.75) is 6.04 Å². The Bertz CT molecular complexity index is 642. The minimum atomic E-state index is -0.499. The molecule has 0 aliphatic carbocycles. The standard InChI is InChI=1S/C17H21N3O3S/c1-23-16(21)14-13(11-20-7-9-24-10-8-20)18-17(22)19-15(14)12-5-3-2-4-6-12/h2-6,15H,7-11H2,1H3,(H2,18,19,22). The maximum Gasteiger partial charge on any atom is 0.338 e. The summed E-state index contributed by atoms with van der Waals surface area (Å²) in [5.41, 5.74) is 1.97. The number of ether oxygens (including phenoxy) is 1. The number of rotatable bonds is 4. The summed E-state index contributed by atoms with van der Waals surface area (Å²) >= 11 is 1.92. The molecular weight excluding hydrogens is 326 g/mol. The monoisotopic (exact) mass is 347 g/mol. The van der Waals surface area contributed by atoms with Gasteiger partial charge >= 0.3 is 12.0 Å². The van der Waals surface area contributed by atoms with Crippen LogP contribution in [0.25, 0.3) is 0 Å². The summed E-state index contributed by atoms with van der Waals surface area (Å²) in [7, 11) is 1.36. The molecule has 2 aliphatic heterocycles. The molecule has 3 rings (SSSR count). The molecule has 0 spiro atoms. The molecular formula is C17H21N3O3S. The van der Waals surface area contributed by atoms with Crippen molar-refractivity contribution in [2.24, 2.45) is 0 Å². The summed E-state index contributed by atoms with van der Waals surface area (Å²) in [5.74, 6) is 1.71. The lowest BCUT2D eigenvalue weighted by atomic mass is 9.95. The predicted molar refractivity (Wildman–Crippen MR) is 93.7 cm³/mol. The Morgan fingerprint density at radius 1 is 1.29 bits per heavy atom. The van der Waals surface area contributed by atoms with Crippen LogP contribution in [0.3, 0.4) is 0 Å². The summed E-state index contributed by atoms with van der Waals surface area (Å²) in [6.45, 7) is 2.44. The first-order chi connectivity index (χ1) is 11.7. The van der Waals surface area contributed by atoms with E-state index in [1.54, 1.807) is 0 Å². The molecule has 0 saturated carbocycles. The first-order valence-corrected chi connectivity index (χ1v) is 9.08. The third-order valence-electron chi connectivity index (χ3n) is 4.18. The Hall–Kier alpha value is -1.99. The topological polar surface area (TPSA) is 70.7 Å². The summed E-state index contributed by atoms with van der Waals surface area (Å²) in [6.07, 6.45) is 0. The van der Waals surface area contributed by atoms with Gasteiger partial charge in [-0.05, 0) is 5.56 Å². The maximum atomic E-state index is 12.4. The molecule has 1 fully saturated rings. The lowest BCUT2D eigenvalue weighted by molar-refractivity contribution is -0.136. The van der Waals surface area contributed by atoms with E-state index in [4.69, 9.17) is 4.74 Å². The molecule has 1 unspecified atom stereocenters. The number of carbonyl (C=O) groups is 2. The molecule has 1 saturated heterocycles. The van der Waals surface area contributed by atoms with Gasteiger partial charge in [0.15, 0.2) is 0 Å². The van der Waals surface area contributed by atoms with Gasteiger partial charge in [0, 0.05) is 36.8 Å². The minimum absolute atomic E-state index is 0.294. The van der Waals surface area contributed by atoms with E-state index in [2.05, 4.69) is 15.5 Å². The third kappa shape index (κ3) is 3.73. The van der Waals surface area contributed by atoms with Crippen LogP contribution in [0.15, 0.2) is 41.6 Å². The van der Waals surface area contributed by atoms with Gasteiger partial charge in [0.05, 0.1) is 18.7 Å². The van der Waals surface area contributed by atoms with E-state index in [-0.39, 0.29) is 6.03 Å². The number of hydrogen-bond acceptors (Lipinski definition) is 5. The van der Waals surface area contributed by atoms with Crippen molar-refractivity contribution >= 4 is 23.8 Å². The molecule has 7 heteroatoms. The van der Waals surface area contributed by atoms with E-state index in [0.717, 1.165) is 30.2 Å². The van der Waals surface area contributed by atoms with Crippen molar-refractivity contribution in [1.29, 1.82) is 0 Å². The number of methoxy groups -OCH3 is 1. The lowest BCUT2D eigenvalue weighted by Gasteiger charge is -2.33. The number of nitrogens with zero attached hydrogens (tertiary/aromatic N) is 1. The molecule has 1 aromatic rings. The second-order valence-electron chi connectivity index (χ2n) is 5.71. The van der Waals surface area contributed by atoms with Gasteiger partial charge in [-0.15, -0.1) is 0 Å². The first kappa shape index (κ1) is 16.9. The van der Waals surface area contributed by atoms with Crippen molar-refractivity contribution < 1.29 is 14.3 Å². The summed E-state index contributed by atoms with van der Waals surface area (Å²) in [6, 6.07) is 8.68. The largest absolute Gasteiger partial charge is 0.466 e. The highest BCUT2D eigenvalue weighted by Crippen LogP contribution is 2.28. The second kappa shape index (κ2) is 7.72. The Morgan fingerprint density at radius 3 is 2.67 bits per heavy atom. The van der Waals surface area contributed by atoms with E-state index in [9.17, 15) is 9.59 Å². The summed E-state index contributed by atoms with van der Waals surface area (Å²) in [5, 5.41) is 5.64. The fourth-order valence-corrected chi connectivity index (χ4v) is 3.95. The number of thioether (sulfide) groups is 1. The van der Waals surface area contributed by atoms with Crippen LogP contribution in [0.4, 0.5) is 4.79 Å². The van der Waals surface area contributed by atoms with Crippen LogP contribution in [0.2, 0.25) is 0 Å². The van der Waals surface area contributed by atoms with Gasteiger partial charge in [0.25, 0.3) is 0 Å². The van der Waals surface area contributed by atoms with E-state index >= 15 is 0 Å². The van der Waals surface area contributed by atoms with Gasteiger partial charge in [-0.25, -0.2) is 9.59 Å². The van der Waals surface area contributed by atoms with Crippen LogP contribution >= 0.6 is 11.8 Å². The van der Waals surface area contributed by atoms with Crippen LogP contribution in [0.1, 0.15) is 11.6 Å². The fourth-order valence-electron chi connectivity index (χ4n) is 2.97. The van der Waals surface area contributed by atoms with Crippen LogP contribution < -0.4 is 10.6 Å². The van der Waals surface area contributed by atoms with Crippen molar-refractivity contribution in [3.8, 4) is 0 Å². The number of amides is 2. The molecule has 0 aromatic heterocycles. The predicted octanol–water partition coefficient (Wildman–Crippen LogP) is 1.52. The average Bonchev–Trinajstić information content (AvgIpc) is 2.62. The van der Waals surface area contributed by atoms with Crippen molar-refractivity contribution in [3.05, 3.63) is 47.2 Å². The number of hydrogen-bond donors (Lipinski definition) is 2. The van der Waals surface area contributed by atoms with E-state index in [1.165, 1.54) is 7.11 Å². The van der Waals surface area contributed by atoms with Crippen LogP contribution in [-0.4, -0.2) is 55.2 Å². The molecule has 2 amide bonds.